The third kappa shape index (κ3) is 6.16. The van der Waals surface area contributed by atoms with Crippen LogP contribution in [0.5, 0.6) is 0 Å². The van der Waals surface area contributed by atoms with Crippen LogP contribution < -0.4 is 5.73 Å². The number of piperidine rings is 1. The Morgan fingerprint density at radius 2 is 1.96 bits per heavy atom. The van der Waals surface area contributed by atoms with Crippen LogP contribution in [0.25, 0.3) is 0 Å². The highest BCUT2D eigenvalue weighted by Gasteiger charge is 2.28. The number of nitro benzene ring substituents is 1. The second kappa shape index (κ2) is 10.0. The molecule has 0 bridgehead atoms. The summed E-state index contributed by atoms with van der Waals surface area (Å²) in [7, 11) is 0. The fourth-order valence-corrected chi connectivity index (χ4v) is 3.19. The van der Waals surface area contributed by atoms with Crippen molar-refractivity contribution in [2.45, 2.75) is 51.6 Å². The van der Waals surface area contributed by atoms with Crippen molar-refractivity contribution in [3.63, 3.8) is 0 Å². The van der Waals surface area contributed by atoms with E-state index < -0.39 is 4.92 Å². The van der Waals surface area contributed by atoms with Gasteiger partial charge in [0, 0.05) is 36.9 Å². The van der Waals surface area contributed by atoms with E-state index in [1.54, 1.807) is 17.0 Å². The van der Waals surface area contributed by atoms with Crippen molar-refractivity contribution >= 4 is 24.0 Å². The fourth-order valence-electron chi connectivity index (χ4n) is 3.19. The lowest BCUT2D eigenvalue weighted by molar-refractivity contribution is -0.386. The van der Waals surface area contributed by atoms with Gasteiger partial charge in [-0.1, -0.05) is 26.8 Å². The highest BCUT2D eigenvalue weighted by molar-refractivity contribution is 5.95. The number of halogens is 1. The summed E-state index contributed by atoms with van der Waals surface area (Å²) in [4.78, 5) is 25.5. The van der Waals surface area contributed by atoms with Gasteiger partial charge in [-0.3, -0.25) is 14.9 Å². The molecule has 0 aromatic heterocycles. The van der Waals surface area contributed by atoms with Crippen molar-refractivity contribution in [3.05, 3.63) is 39.4 Å². The number of carbonyl (C=O) groups is 1. The van der Waals surface area contributed by atoms with Crippen LogP contribution in [-0.4, -0.2) is 48.1 Å². The number of rotatable bonds is 6. The molecule has 2 rings (SSSR count). The predicted octanol–water partition coefficient (Wildman–Crippen LogP) is 3.28. The number of hydrogen-bond donors (Lipinski definition) is 1. The average molecular weight is 400 g/mol. The molecule has 0 radical (unpaired) electrons. The highest BCUT2D eigenvalue weighted by atomic mass is 35.5. The second-order valence-electron chi connectivity index (χ2n) is 7.74. The third-order valence-electron chi connectivity index (χ3n) is 4.68. The van der Waals surface area contributed by atoms with Crippen LogP contribution >= 0.6 is 12.4 Å². The molecule has 0 saturated carbocycles. The minimum Gasteiger partial charge on any atom is -0.378 e. The molecule has 0 aliphatic carbocycles. The summed E-state index contributed by atoms with van der Waals surface area (Å²) in [6, 6.07) is 4.81. The molecule has 1 amide bonds. The molecule has 1 heterocycles. The van der Waals surface area contributed by atoms with Gasteiger partial charge in [0.2, 0.25) is 0 Å². The molecule has 8 heteroatoms. The van der Waals surface area contributed by atoms with E-state index in [4.69, 9.17) is 10.5 Å². The molecule has 0 atom stereocenters. The topological polar surface area (TPSA) is 98.7 Å². The number of nitrogens with two attached hydrogens (primary N) is 1. The molecular weight excluding hydrogens is 370 g/mol. The number of hydrogen-bond acceptors (Lipinski definition) is 5. The lowest BCUT2D eigenvalue weighted by Gasteiger charge is -2.32. The average Bonchev–Trinajstić information content (AvgIpc) is 2.60. The molecule has 152 valence electrons. The molecule has 1 aliphatic heterocycles. The lowest BCUT2D eigenvalue weighted by Crippen LogP contribution is -2.41. The predicted molar refractivity (Wildman–Crippen MR) is 108 cm³/mol. The van der Waals surface area contributed by atoms with E-state index in [-0.39, 0.29) is 35.5 Å². The first-order valence-corrected chi connectivity index (χ1v) is 9.14. The van der Waals surface area contributed by atoms with Crippen LogP contribution in [0.4, 0.5) is 5.69 Å². The Morgan fingerprint density at radius 1 is 1.33 bits per heavy atom. The maximum atomic E-state index is 12.7. The van der Waals surface area contributed by atoms with Gasteiger partial charge in [0.1, 0.15) is 0 Å². The van der Waals surface area contributed by atoms with Gasteiger partial charge in [-0.2, -0.15) is 0 Å². The zero-order valence-corrected chi connectivity index (χ0v) is 17.1. The van der Waals surface area contributed by atoms with Gasteiger partial charge in [0.15, 0.2) is 0 Å². The van der Waals surface area contributed by atoms with E-state index in [9.17, 15) is 14.9 Å². The van der Waals surface area contributed by atoms with Crippen molar-refractivity contribution in [2.24, 2.45) is 5.73 Å². The zero-order valence-electron chi connectivity index (χ0n) is 16.3. The largest absolute Gasteiger partial charge is 0.378 e. The zero-order chi connectivity index (χ0) is 19.3. The molecule has 2 N–H and O–H groups in total. The van der Waals surface area contributed by atoms with Crippen LogP contribution in [0.2, 0.25) is 0 Å². The maximum Gasteiger partial charge on any atom is 0.273 e. The number of nitrogens with zero attached hydrogens (tertiary/aromatic N) is 2. The van der Waals surface area contributed by atoms with E-state index in [1.165, 1.54) is 6.07 Å². The minimum atomic E-state index is -0.408. The monoisotopic (exact) mass is 399 g/mol. The van der Waals surface area contributed by atoms with Crippen molar-refractivity contribution < 1.29 is 14.5 Å². The number of ether oxygens (including phenoxy) is 1. The van der Waals surface area contributed by atoms with Crippen LogP contribution in [0, 0.1) is 10.1 Å². The Hall–Kier alpha value is -1.70. The normalized spacial score (nSPS) is 15.3. The Labute approximate surface area is 166 Å². The summed E-state index contributed by atoms with van der Waals surface area (Å²) in [5.74, 6) is -0.158. The van der Waals surface area contributed by atoms with Crippen molar-refractivity contribution in [2.75, 3.05) is 26.2 Å². The summed E-state index contributed by atoms with van der Waals surface area (Å²) in [6.45, 7) is 8.23. The van der Waals surface area contributed by atoms with Crippen LogP contribution in [0.1, 0.15) is 56.0 Å². The Morgan fingerprint density at radius 3 is 2.48 bits per heavy atom. The maximum absolute atomic E-state index is 12.7. The minimum absolute atomic E-state index is 0. The van der Waals surface area contributed by atoms with Gasteiger partial charge in [-0.15, -0.1) is 12.4 Å². The molecule has 0 spiro atoms. The van der Waals surface area contributed by atoms with Gasteiger partial charge < -0.3 is 15.4 Å². The van der Waals surface area contributed by atoms with Crippen LogP contribution in [0.3, 0.4) is 0 Å². The first-order valence-electron chi connectivity index (χ1n) is 9.14. The second-order valence-corrected chi connectivity index (χ2v) is 7.74. The van der Waals surface area contributed by atoms with Crippen LogP contribution in [-0.2, 0) is 10.2 Å². The van der Waals surface area contributed by atoms with Crippen molar-refractivity contribution in [1.82, 2.24) is 4.90 Å². The van der Waals surface area contributed by atoms with E-state index in [1.807, 2.05) is 20.8 Å². The Kier molecular flexibility index (Phi) is 8.65. The first-order chi connectivity index (χ1) is 12.2. The number of amides is 1. The molecule has 27 heavy (non-hydrogen) atoms. The van der Waals surface area contributed by atoms with Gasteiger partial charge in [-0.25, -0.2) is 0 Å². The molecule has 7 nitrogen and oxygen atoms in total. The van der Waals surface area contributed by atoms with Crippen molar-refractivity contribution in [3.8, 4) is 0 Å². The number of nitro groups is 1. The molecular formula is C19H30ClN3O4. The van der Waals surface area contributed by atoms with E-state index in [0.717, 1.165) is 19.3 Å². The van der Waals surface area contributed by atoms with Gasteiger partial charge >= 0.3 is 0 Å². The quantitative estimate of drug-likeness (QED) is 0.449. The van der Waals surface area contributed by atoms with Gasteiger partial charge in [0.25, 0.3) is 11.6 Å². The number of benzene rings is 1. The van der Waals surface area contributed by atoms with E-state index >= 15 is 0 Å². The summed E-state index contributed by atoms with van der Waals surface area (Å²) < 4.78 is 5.75. The van der Waals surface area contributed by atoms with Gasteiger partial charge in [0.05, 0.1) is 11.0 Å². The molecule has 1 aromatic carbocycles. The Bertz CT molecular complexity index is 653. The third-order valence-corrected chi connectivity index (χ3v) is 4.68. The molecule has 1 aromatic rings. The lowest BCUT2D eigenvalue weighted by atomic mass is 9.85. The summed E-state index contributed by atoms with van der Waals surface area (Å²) in [6.07, 6.45) is 2.54. The molecule has 0 unspecified atom stereocenters. The van der Waals surface area contributed by atoms with E-state index in [2.05, 4.69) is 0 Å². The standard InChI is InChI=1S/C19H29N3O4.ClH/c1-19(2,3)16-6-5-14(13-17(16)22(24)25)18(23)21-10-7-15(8-11-21)26-12-4-9-20;/h5-6,13,15H,4,7-12,20H2,1-3H3;1H. The first kappa shape index (κ1) is 23.3. The SMILES string of the molecule is CC(C)(C)c1ccc(C(=O)N2CCC(OCCCN)CC2)cc1[N+](=O)[O-].Cl. The van der Waals surface area contributed by atoms with Crippen molar-refractivity contribution in [1.29, 1.82) is 0 Å². The summed E-state index contributed by atoms with van der Waals surface area (Å²) >= 11 is 0. The number of carbonyl (C=O) groups excluding carboxylic acids is 1. The fraction of sp³-hybridized carbons (Fsp3) is 0.632. The van der Waals surface area contributed by atoms with Crippen LogP contribution in [0.15, 0.2) is 18.2 Å². The molecule has 1 aliphatic rings. The molecule has 1 fully saturated rings. The summed E-state index contributed by atoms with van der Waals surface area (Å²) in [5.41, 5.74) is 6.10. The highest BCUT2D eigenvalue weighted by Crippen LogP contribution is 2.32. The van der Waals surface area contributed by atoms with E-state index in [0.29, 0.717) is 37.4 Å². The molecule has 1 saturated heterocycles. The van der Waals surface area contributed by atoms with Gasteiger partial charge in [-0.05, 0) is 37.3 Å². The Balaban J connectivity index is 0.00000364. The number of likely N-dealkylation sites (tertiary alicyclic amines) is 1. The summed E-state index contributed by atoms with van der Waals surface area (Å²) in [5, 5.41) is 11.4. The smallest absolute Gasteiger partial charge is 0.273 e.